The molecule has 1 unspecified atom stereocenters. The largest absolute Gasteiger partial charge is 0.393 e. The van der Waals surface area contributed by atoms with Gasteiger partial charge in [0.15, 0.2) is 0 Å². The van der Waals surface area contributed by atoms with Crippen molar-refractivity contribution in [2.45, 2.75) is 24.3 Å². The topological polar surface area (TPSA) is 66.4 Å². The lowest BCUT2D eigenvalue weighted by Gasteiger charge is -2.06. The highest BCUT2D eigenvalue weighted by Gasteiger charge is 2.10. The van der Waals surface area contributed by atoms with Crippen molar-refractivity contribution < 1.29 is 13.5 Å². The average Bonchev–Trinajstić information content (AvgIpc) is 2.18. The highest BCUT2D eigenvalue weighted by molar-refractivity contribution is 7.89. The fourth-order valence-corrected chi connectivity index (χ4v) is 1.99. The van der Waals surface area contributed by atoms with E-state index in [9.17, 15) is 8.42 Å². The van der Waals surface area contributed by atoms with Crippen molar-refractivity contribution in [1.82, 2.24) is 4.72 Å². The zero-order chi connectivity index (χ0) is 11.5. The maximum Gasteiger partial charge on any atom is 0.240 e. The van der Waals surface area contributed by atoms with Gasteiger partial charge in [0.1, 0.15) is 0 Å². The van der Waals surface area contributed by atoms with E-state index in [2.05, 4.69) is 4.72 Å². The predicted molar refractivity (Wildman–Crippen MR) is 58.1 cm³/mol. The molecule has 1 aromatic carbocycles. The zero-order valence-corrected chi connectivity index (χ0v) is 9.58. The van der Waals surface area contributed by atoms with Crippen molar-refractivity contribution in [3.63, 3.8) is 0 Å². The Morgan fingerprint density at radius 3 is 2.27 bits per heavy atom. The van der Waals surface area contributed by atoms with Gasteiger partial charge in [-0.2, -0.15) is 0 Å². The molecule has 0 amide bonds. The molecule has 0 aromatic heterocycles. The first-order valence-corrected chi connectivity index (χ1v) is 6.14. The van der Waals surface area contributed by atoms with Crippen LogP contribution in [0.4, 0.5) is 0 Å². The van der Waals surface area contributed by atoms with Crippen molar-refractivity contribution in [3.05, 3.63) is 29.8 Å². The molecule has 4 nitrogen and oxygen atoms in total. The van der Waals surface area contributed by atoms with Crippen LogP contribution < -0.4 is 4.72 Å². The molecular weight excluding hydrogens is 214 g/mol. The number of aliphatic hydroxyl groups excluding tert-OH is 1. The average molecular weight is 229 g/mol. The van der Waals surface area contributed by atoms with Crippen LogP contribution in [0.15, 0.2) is 29.2 Å². The molecule has 5 heteroatoms. The van der Waals surface area contributed by atoms with E-state index in [1.54, 1.807) is 19.1 Å². The van der Waals surface area contributed by atoms with Gasteiger partial charge in [-0.15, -0.1) is 0 Å². The first-order valence-electron chi connectivity index (χ1n) is 4.66. The fourth-order valence-electron chi connectivity index (χ4n) is 1.26. The van der Waals surface area contributed by atoms with Crippen LogP contribution in [0, 0.1) is 0 Å². The lowest BCUT2D eigenvalue weighted by Crippen LogP contribution is -2.18. The summed E-state index contributed by atoms with van der Waals surface area (Å²) in [5.74, 6) is 0. The summed E-state index contributed by atoms with van der Waals surface area (Å²) in [5.41, 5.74) is 0.917. The van der Waals surface area contributed by atoms with E-state index >= 15 is 0 Å². The first kappa shape index (κ1) is 12.2. The van der Waals surface area contributed by atoms with E-state index in [0.29, 0.717) is 6.42 Å². The van der Waals surface area contributed by atoms with Crippen molar-refractivity contribution >= 4 is 10.0 Å². The van der Waals surface area contributed by atoms with Gasteiger partial charge in [0.25, 0.3) is 0 Å². The van der Waals surface area contributed by atoms with Crippen molar-refractivity contribution in [1.29, 1.82) is 0 Å². The second-order valence-electron chi connectivity index (χ2n) is 3.40. The minimum atomic E-state index is -3.36. The number of nitrogens with one attached hydrogen (secondary N) is 1. The molecular formula is C10H15NO3S. The van der Waals surface area contributed by atoms with Crippen LogP contribution in [0.5, 0.6) is 0 Å². The molecule has 1 atom stereocenters. The van der Waals surface area contributed by atoms with Crippen molar-refractivity contribution in [3.8, 4) is 0 Å². The summed E-state index contributed by atoms with van der Waals surface area (Å²) in [6, 6.07) is 6.47. The molecule has 0 spiro atoms. The third-order valence-electron chi connectivity index (χ3n) is 2.03. The quantitative estimate of drug-likeness (QED) is 0.791. The second kappa shape index (κ2) is 4.74. The summed E-state index contributed by atoms with van der Waals surface area (Å²) in [7, 11) is -1.98. The molecule has 0 aliphatic carbocycles. The lowest BCUT2D eigenvalue weighted by molar-refractivity contribution is 0.195. The minimum absolute atomic E-state index is 0.236. The first-order chi connectivity index (χ1) is 6.95. The third kappa shape index (κ3) is 3.30. The molecule has 0 radical (unpaired) electrons. The normalized spacial score (nSPS) is 13.8. The van der Waals surface area contributed by atoms with Crippen LogP contribution in [0.2, 0.25) is 0 Å². The number of sulfonamides is 1. The standard InChI is InChI=1S/C10H15NO3S/c1-8(12)7-9-3-5-10(6-4-9)15(13,14)11-2/h3-6,8,11-12H,7H2,1-2H3. The van der Waals surface area contributed by atoms with Gasteiger partial charge in [0.05, 0.1) is 11.0 Å². The Labute approximate surface area is 90.0 Å². The van der Waals surface area contributed by atoms with Gasteiger partial charge in [0.2, 0.25) is 10.0 Å². The maximum atomic E-state index is 11.4. The van der Waals surface area contributed by atoms with Gasteiger partial charge < -0.3 is 5.11 Å². The SMILES string of the molecule is CNS(=O)(=O)c1ccc(CC(C)O)cc1. The van der Waals surface area contributed by atoms with E-state index in [1.807, 2.05) is 0 Å². The van der Waals surface area contributed by atoms with Gasteiger partial charge in [-0.25, -0.2) is 13.1 Å². The molecule has 1 rings (SSSR count). The highest BCUT2D eigenvalue weighted by Crippen LogP contribution is 2.11. The molecule has 0 heterocycles. The van der Waals surface area contributed by atoms with Crippen LogP contribution in [0.1, 0.15) is 12.5 Å². The number of hydrogen-bond acceptors (Lipinski definition) is 3. The van der Waals surface area contributed by atoms with Gasteiger partial charge >= 0.3 is 0 Å². The summed E-state index contributed by atoms with van der Waals surface area (Å²) in [4.78, 5) is 0.236. The van der Waals surface area contributed by atoms with Crippen LogP contribution in [-0.2, 0) is 16.4 Å². The predicted octanol–water partition coefficient (Wildman–Crippen LogP) is 0.518. The maximum absolute atomic E-state index is 11.4. The number of rotatable bonds is 4. The summed E-state index contributed by atoms with van der Waals surface area (Å²) in [5, 5.41) is 9.15. The molecule has 0 aliphatic rings. The smallest absolute Gasteiger partial charge is 0.240 e. The van der Waals surface area contributed by atoms with Crippen molar-refractivity contribution in [2.75, 3.05) is 7.05 Å². The van der Waals surface area contributed by atoms with E-state index in [-0.39, 0.29) is 4.90 Å². The molecule has 2 N–H and O–H groups in total. The minimum Gasteiger partial charge on any atom is -0.393 e. The molecule has 0 saturated heterocycles. The summed E-state index contributed by atoms with van der Waals surface area (Å²) < 4.78 is 25.0. The molecule has 0 saturated carbocycles. The Morgan fingerprint density at radius 1 is 1.33 bits per heavy atom. The Hall–Kier alpha value is -0.910. The lowest BCUT2D eigenvalue weighted by atomic mass is 10.1. The third-order valence-corrected chi connectivity index (χ3v) is 3.46. The van der Waals surface area contributed by atoms with Gasteiger partial charge in [-0.3, -0.25) is 0 Å². The molecule has 0 bridgehead atoms. The Morgan fingerprint density at radius 2 is 1.87 bits per heavy atom. The van der Waals surface area contributed by atoms with E-state index in [0.717, 1.165) is 5.56 Å². The van der Waals surface area contributed by atoms with E-state index < -0.39 is 16.1 Å². The fraction of sp³-hybridized carbons (Fsp3) is 0.400. The zero-order valence-electron chi connectivity index (χ0n) is 8.77. The monoisotopic (exact) mass is 229 g/mol. The molecule has 84 valence electrons. The van der Waals surface area contributed by atoms with Crippen molar-refractivity contribution in [2.24, 2.45) is 0 Å². The van der Waals surface area contributed by atoms with Gasteiger partial charge in [0, 0.05) is 0 Å². The summed E-state index contributed by atoms with van der Waals surface area (Å²) >= 11 is 0. The van der Waals surface area contributed by atoms with E-state index in [4.69, 9.17) is 5.11 Å². The van der Waals surface area contributed by atoms with Gasteiger partial charge in [-0.1, -0.05) is 12.1 Å². The summed E-state index contributed by atoms with van der Waals surface area (Å²) in [6.45, 7) is 1.69. The molecule has 15 heavy (non-hydrogen) atoms. The Balaban J connectivity index is 2.91. The van der Waals surface area contributed by atoms with E-state index in [1.165, 1.54) is 19.2 Å². The van der Waals surface area contributed by atoms with Crippen LogP contribution in [-0.4, -0.2) is 26.7 Å². The number of hydrogen-bond donors (Lipinski definition) is 2. The summed E-state index contributed by atoms with van der Waals surface area (Å²) in [6.07, 6.45) is 0.108. The molecule has 0 fully saturated rings. The number of benzene rings is 1. The van der Waals surface area contributed by atoms with Crippen LogP contribution in [0.3, 0.4) is 0 Å². The van der Waals surface area contributed by atoms with Crippen LogP contribution >= 0.6 is 0 Å². The highest BCUT2D eigenvalue weighted by atomic mass is 32.2. The Kier molecular flexibility index (Phi) is 3.84. The number of aliphatic hydroxyl groups is 1. The Bertz CT molecular complexity index is 409. The van der Waals surface area contributed by atoms with Gasteiger partial charge in [-0.05, 0) is 38.1 Å². The van der Waals surface area contributed by atoms with Crippen LogP contribution in [0.25, 0.3) is 0 Å². The second-order valence-corrected chi connectivity index (χ2v) is 5.29. The molecule has 1 aromatic rings. The molecule has 0 aliphatic heterocycles.